The summed E-state index contributed by atoms with van der Waals surface area (Å²) in [5.74, 6) is 3.09. The molecule has 0 aromatic heterocycles. The average molecular weight is 377 g/mol. The fourth-order valence-corrected chi connectivity index (χ4v) is 5.04. The predicted molar refractivity (Wildman–Crippen MR) is 123 cm³/mol. The number of rotatable bonds is 8. The van der Waals surface area contributed by atoms with Crippen LogP contribution in [-0.4, -0.2) is 0 Å². The van der Waals surface area contributed by atoms with Gasteiger partial charge in [0, 0.05) is 0 Å². The highest BCUT2D eigenvalue weighted by Crippen LogP contribution is 2.37. The second-order valence-corrected chi connectivity index (χ2v) is 9.69. The molecule has 0 amide bonds. The Balaban J connectivity index is 1.54. The van der Waals surface area contributed by atoms with Gasteiger partial charge in [0.25, 0.3) is 0 Å². The van der Waals surface area contributed by atoms with Gasteiger partial charge in [-0.15, -0.1) is 0 Å². The van der Waals surface area contributed by atoms with Gasteiger partial charge in [0.1, 0.15) is 0 Å². The lowest BCUT2D eigenvalue weighted by atomic mass is 9.77. The van der Waals surface area contributed by atoms with Gasteiger partial charge in [-0.05, 0) is 84.5 Å². The van der Waals surface area contributed by atoms with Gasteiger partial charge in [-0.25, -0.2) is 0 Å². The predicted octanol–water partition coefficient (Wildman–Crippen LogP) is 8.31. The SMILES string of the molecule is CCCC1CCC(c2ccc(C[C@H](C)c3ccc(CC(C)C)cc3)cc2)CC1. The molecule has 0 aliphatic heterocycles. The first-order valence-electron chi connectivity index (χ1n) is 11.7. The summed E-state index contributed by atoms with van der Waals surface area (Å²) < 4.78 is 0. The van der Waals surface area contributed by atoms with E-state index in [4.69, 9.17) is 0 Å². The van der Waals surface area contributed by atoms with Crippen molar-refractivity contribution in [1.82, 2.24) is 0 Å². The van der Waals surface area contributed by atoms with Crippen LogP contribution >= 0.6 is 0 Å². The zero-order valence-electron chi connectivity index (χ0n) is 18.6. The average Bonchev–Trinajstić information content (AvgIpc) is 2.69. The van der Waals surface area contributed by atoms with E-state index in [1.165, 1.54) is 61.6 Å². The fourth-order valence-electron chi connectivity index (χ4n) is 5.04. The molecule has 152 valence electrons. The first-order valence-corrected chi connectivity index (χ1v) is 11.7. The molecule has 2 aromatic rings. The van der Waals surface area contributed by atoms with Crippen LogP contribution in [0.5, 0.6) is 0 Å². The summed E-state index contributed by atoms with van der Waals surface area (Å²) in [6, 6.07) is 18.9. The van der Waals surface area contributed by atoms with Gasteiger partial charge >= 0.3 is 0 Å². The molecule has 28 heavy (non-hydrogen) atoms. The molecule has 1 fully saturated rings. The number of benzene rings is 2. The summed E-state index contributed by atoms with van der Waals surface area (Å²) in [7, 11) is 0. The second-order valence-electron chi connectivity index (χ2n) is 9.69. The van der Waals surface area contributed by atoms with Gasteiger partial charge in [0.15, 0.2) is 0 Å². The van der Waals surface area contributed by atoms with E-state index in [1.807, 2.05) is 0 Å². The molecule has 0 radical (unpaired) electrons. The minimum absolute atomic E-state index is 0.573. The second kappa shape index (κ2) is 10.3. The maximum Gasteiger partial charge on any atom is -0.0150 e. The van der Waals surface area contributed by atoms with Crippen LogP contribution in [0.3, 0.4) is 0 Å². The molecular formula is C28H40. The third-order valence-corrected chi connectivity index (χ3v) is 6.73. The highest BCUT2D eigenvalue weighted by Gasteiger charge is 2.21. The first kappa shape index (κ1) is 21.2. The van der Waals surface area contributed by atoms with Crippen molar-refractivity contribution in [2.24, 2.45) is 11.8 Å². The van der Waals surface area contributed by atoms with Crippen LogP contribution in [0, 0.1) is 11.8 Å². The number of hydrogen-bond donors (Lipinski definition) is 0. The normalized spacial score (nSPS) is 21.0. The molecule has 0 heteroatoms. The van der Waals surface area contributed by atoms with Crippen molar-refractivity contribution in [3.63, 3.8) is 0 Å². The van der Waals surface area contributed by atoms with Crippen molar-refractivity contribution >= 4 is 0 Å². The van der Waals surface area contributed by atoms with Crippen molar-refractivity contribution in [3.05, 3.63) is 70.8 Å². The summed E-state index contributed by atoms with van der Waals surface area (Å²) in [5.41, 5.74) is 5.97. The Kier molecular flexibility index (Phi) is 7.77. The van der Waals surface area contributed by atoms with Crippen LogP contribution in [0.25, 0.3) is 0 Å². The van der Waals surface area contributed by atoms with Gasteiger partial charge in [-0.2, -0.15) is 0 Å². The van der Waals surface area contributed by atoms with Crippen LogP contribution < -0.4 is 0 Å². The maximum atomic E-state index is 2.42. The van der Waals surface area contributed by atoms with Gasteiger partial charge in [-0.1, -0.05) is 89.1 Å². The van der Waals surface area contributed by atoms with E-state index in [2.05, 4.69) is 76.2 Å². The van der Waals surface area contributed by atoms with Gasteiger partial charge in [0.05, 0.1) is 0 Å². The summed E-state index contributed by atoms with van der Waals surface area (Å²) in [6.07, 6.45) is 10.7. The van der Waals surface area contributed by atoms with E-state index in [0.717, 1.165) is 24.2 Å². The molecule has 0 saturated heterocycles. The number of hydrogen-bond acceptors (Lipinski definition) is 0. The molecule has 0 unspecified atom stereocenters. The summed E-state index contributed by atoms with van der Waals surface area (Å²) >= 11 is 0. The molecule has 1 aliphatic rings. The third kappa shape index (κ3) is 5.97. The first-order chi connectivity index (χ1) is 13.5. The summed E-state index contributed by atoms with van der Waals surface area (Å²) in [5, 5.41) is 0. The van der Waals surface area contributed by atoms with E-state index in [1.54, 1.807) is 5.56 Å². The lowest BCUT2D eigenvalue weighted by Gasteiger charge is -2.28. The molecular weight excluding hydrogens is 336 g/mol. The maximum absolute atomic E-state index is 2.42. The monoisotopic (exact) mass is 376 g/mol. The van der Waals surface area contributed by atoms with Crippen LogP contribution in [0.15, 0.2) is 48.5 Å². The lowest BCUT2D eigenvalue weighted by molar-refractivity contribution is 0.308. The van der Waals surface area contributed by atoms with E-state index in [-0.39, 0.29) is 0 Å². The van der Waals surface area contributed by atoms with Crippen molar-refractivity contribution in [1.29, 1.82) is 0 Å². The van der Waals surface area contributed by atoms with Gasteiger partial charge in [0.2, 0.25) is 0 Å². The summed E-state index contributed by atoms with van der Waals surface area (Å²) in [4.78, 5) is 0. The van der Waals surface area contributed by atoms with Crippen molar-refractivity contribution in [2.45, 2.75) is 90.9 Å². The Labute approximate surface area is 173 Å². The zero-order chi connectivity index (χ0) is 19.9. The quantitative estimate of drug-likeness (QED) is 0.434. The largest absolute Gasteiger partial charge is 0.0654 e. The van der Waals surface area contributed by atoms with Gasteiger partial charge < -0.3 is 0 Å². The standard InChI is InChI=1S/C28H40/c1-5-6-23-7-15-27(16-8-23)28-17-11-25(12-18-28)20-22(4)26-13-9-24(10-14-26)19-21(2)3/h9-14,17-18,21-23,27H,5-8,15-16,19-20H2,1-4H3/t22-,23?,27?/m0/s1. The Morgan fingerprint density at radius 1 is 0.750 bits per heavy atom. The van der Waals surface area contributed by atoms with E-state index < -0.39 is 0 Å². The highest BCUT2D eigenvalue weighted by molar-refractivity contribution is 5.30. The van der Waals surface area contributed by atoms with Crippen LogP contribution in [0.1, 0.15) is 100 Å². The molecule has 3 rings (SSSR count). The van der Waals surface area contributed by atoms with Crippen molar-refractivity contribution in [3.8, 4) is 0 Å². The molecule has 0 N–H and O–H groups in total. The Hall–Kier alpha value is -1.56. The smallest absolute Gasteiger partial charge is 0.0150 e. The minimum atomic E-state index is 0.573. The third-order valence-electron chi connectivity index (χ3n) is 6.73. The van der Waals surface area contributed by atoms with Crippen LogP contribution in [0.2, 0.25) is 0 Å². The Bertz CT molecular complexity index is 684. The van der Waals surface area contributed by atoms with E-state index in [9.17, 15) is 0 Å². The molecule has 1 atom stereocenters. The molecule has 0 bridgehead atoms. The van der Waals surface area contributed by atoms with Gasteiger partial charge in [-0.3, -0.25) is 0 Å². The topological polar surface area (TPSA) is 0 Å². The molecule has 0 nitrogen and oxygen atoms in total. The Morgan fingerprint density at radius 3 is 1.89 bits per heavy atom. The van der Waals surface area contributed by atoms with Crippen molar-refractivity contribution < 1.29 is 0 Å². The fraction of sp³-hybridized carbons (Fsp3) is 0.571. The zero-order valence-corrected chi connectivity index (χ0v) is 18.6. The Morgan fingerprint density at radius 2 is 1.32 bits per heavy atom. The highest BCUT2D eigenvalue weighted by atomic mass is 14.3. The summed E-state index contributed by atoms with van der Waals surface area (Å²) in [6.45, 7) is 9.26. The molecule has 0 spiro atoms. The van der Waals surface area contributed by atoms with Crippen LogP contribution in [0.4, 0.5) is 0 Å². The van der Waals surface area contributed by atoms with Crippen molar-refractivity contribution in [2.75, 3.05) is 0 Å². The van der Waals surface area contributed by atoms with E-state index >= 15 is 0 Å². The molecule has 0 heterocycles. The van der Waals surface area contributed by atoms with Crippen LogP contribution in [-0.2, 0) is 12.8 Å². The lowest BCUT2D eigenvalue weighted by Crippen LogP contribution is -2.13. The molecule has 1 saturated carbocycles. The molecule has 1 aliphatic carbocycles. The molecule has 2 aromatic carbocycles. The minimum Gasteiger partial charge on any atom is -0.0654 e. The van der Waals surface area contributed by atoms with E-state index in [0.29, 0.717) is 5.92 Å².